The zero-order valence-corrected chi connectivity index (χ0v) is 7.67. The van der Waals surface area contributed by atoms with Crippen molar-refractivity contribution in [2.45, 2.75) is 24.5 Å². The van der Waals surface area contributed by atoms with Gasteiger partial charge in [0.25, 0.3) is 0 Å². The van der Waals surface area contributed by atoms with Gasteiger partial charge in [-0.05, 0) is 12.8 Å². The van der Waals surface area contributed by atoms with Gasteiger partial charge in [0, 0.05) is 5.92 Å². The lowest BCUT2D eigenvalue weighted by molar-refractivity contribution is -0.0841. The monoisotopic (exact) mass is 188 g/mol. The van der Waals surface area contributed by atoms with Crippen molar-refractivity contribution in [3.8, 4) is 0 Å². The summed E-state index contributed by atoms with van der Waals surface area (Å²) in [5.74, 6) is 0.346. The van der Waals surface area contributed by atoms with Crippen LogP contribution in [0.25, 0.3) is 0 Å². The summed E-state index contributed by atoms with van der Waals surface area (Å²) in [5, 5.41) is 0.0850. The van der Waals surface area contributed by atoms with Crippen LogP contribution in [-0.2, 0) is 9.47 Å². The van der Waals surface area contributed by atoms with Crippen molar-refractivity contribution in [1.29, 1.82) is 0 Å². The molecule has 0 aromatic carbocycles. The van der Waals surface area contributed by atoms with Gasteiger partial charge in [-0.2, -0.15) is 0 Å². The van der Waals surface area contributed by atoms with Crippen LogP contribution < -0.4 is 0 Å². The molecule has 68 valence electrons. The summed E-state index contributed by atoms with van der Waals surface area (Å²) in [7, 11) is 0. The molecule has 12 heavy (non-hydrogen) atoms. The first-order chi connectivity index (χ1) is 5.88. The molecule has 1 saturated heterocycles. The molecule has 1 aliphatic heterocycles. The molecule has 0 spiro atoms. The van der Waals surface area contributed by atoms with E-state index in [1.807, 2.05) is 6.08 Å². The topological polar surface area (TPSA) is 18.5 Å². The highest BCUT2D eigenvalue weighted by atomic mass is 35.5. The summed E-state index contributed by atoms with van der Waals surface area (Å²) in [5.41, 5.74) is 0. The van der Waals surface area contributed by atoms with Crippen LogP contribution in [0.1, 0.15) is 12.8 Å². The minimum atomic E-state index is -0.0579. The highest BCUT2D eigenvalue weighted by Gasteiger charge is 2.32. The Kier molecular flexibility index (Phi) is 2.69. The van der Waals surface area contributed by atoms with Crippen molar-refractivity contribution in [2.75, 3.05) is 13.2 Å². The van der Waals surface area contributed by atoms with E-state index in [-0.39, 0.29) is 11.7 Å². The van der Waals surface area contributed by atoms with E-state index in [2.05, 4.69) is 6.08 Å². The Hall–Kier alpha value is -0.0500. The molecule has 2 atom stereocenters. The fourth-order valence-electron chi connectivity index (χ4n) is 1.73. The number of ether oxygens (including phenoxy) is 2. The third-order valence-corrected chi connectivity index (χ3v) is 2.86. The van der Waals surface area contributed by atoms with Crippen LogP contribution in [0.2, 0.25) is 0 Å². The van der Waals surface area contributed by atoms with E-state index in [4.69, 9.17) is 21.1 Å². The second-order valence-corrected chi connectivity index (χ2v) is 3.73. The van der Waals surface area contributed by atoms with E-state index >= 15 is 0 Å². The average molecular weight is 189 g/mol. The summed E-state index contributed by atoms with van der Waals surface area (Å²) in [6.45, 7) is 1.43. The molecule has 0 aromatic rings. The second-order valence-electron chi connectivity index (χ2n) is 3.22. The van der Waals surface area contributed by atoms with Gasteiger partial charge in [0.15, 0.2) is 6.29 Å². The van der Waals surface area contributed by atoms with Crippen molar-refractivity contribution >= 4 is 11.6 Å². The van der Waals surface area contributed by atoms with Gasteiger partial charge < -0.3 is 9.47 Å². The third-order valence-electron chi connectivity index (χ3n) is 2.39. The number of hydrogen-bond acceptors (Lipinski definition) is 2. The third kappa shape index (κ3) is 1.65. The van der Waals surface area contributed by atoms with E-state index in [1.165, 1.54) is 0 Å². The maximum Gasteiger partial charge on any atom is 0.162 e. The minimum Gasteiger partial charge on any atom is -0.350 e. The number of halogens is 1. The molecule has 0 N–H and O–H groups in total. The molecule has 1 aliphatic carbocycles. The van der Waals surface area contributed by atoms with Crippen LogP contribution in [0.4, 0.5) is 0 Å². The van der Waals surface area contributed by atoms with E-state index < -0.39 is 0 Å². The molecule has 2 aliphatic rings. The molecule has 2 rings (SSSR count). The number of allylic oxidation sites excluding steroid dienone is 2. The van der Waals surface area contributed by atoms with Crippen LogP contribution in [0.3, 0.4) is 0 Å². The second kappa shape index (κ2) is 3.77. The molecule has 0 saturated carbocycles. The molecule has 3 heteroatoms. The predicted molar refractivity (Wildman–Crippen MR) is 47.2 cm³/mol. The molecule has 0 radical (unpaired) electrons. The molecular formula is C9H13ClO2. The Labute approximate surface area is 77.5 Å². The first kappa shape index (κ1) is 8.54. The molecular weight excluding hydrogens is 176 g/mol. The van der Waals surface area contributed by atoms with Crippen LogP contribution in [-0.4, -0.2) is 24.9 Å². The first-order valence-electron chi connectivity index (χ1n) is 4.42. The van der Waals surface area contributed by atoms with E-state index in [0.29, 0.717) is 19.1 Å². The summed E-state index contributed by atoms with van der Waals surface area (Å²) in [6, 6.07) is 0. The molecule has 2 nitrogen and oxygen atoms in total. The Morgan fingerprint density at radius 1 is 1.25 bits per heavy atom. The number of alkyl halides is 1. The molecule has 0 bridgehead atoms. The molecule has 0 aromatic heterocycles. The van der Waals surface area contributed by atoms with Crippen molar-refractivity contribution in [1.82, 2.24) is 0 Å². The van der Waals surface area contributed by atoms with Crippen LogP contribution >= 0.6 is 11.6 Å². The van der Waals surface area contributed by atoms with Crippen LogP contribution in [0.15, 0.2) is 12.2 Å². The quantitative estimate of drug-likeness (QED) is 0.463. The SMILES string of the molecule is ClC1C=CCCC1C1OCCO1. The Morgan fingerprint density at radius 3 is 2.67 bits per heavy atom. The van der Waals surface area contributed by atoms with Crippen molar-refractivity contribution < 1.29 is 9.47 Å². The molecule has 0 amide bonds. The molecule has 1 fully saturated rings. The first-order valence-corrected chi connectivity index (χ1v) is 4.85. The lowest BCUT2D eigenvalue weighted by Crippen LogP contribution is -2.30. The van der Waals surface area contributed by atoms with Gasteiger partial charge in [0.1, 0.15) is 0 Å². The van der Waals surface area contributed by atoms with Crippen LogP contribution in [0.5, 0.6) is 0 Å². The largest absolute Gasteiger partial charge is 0.350 e. The zero-order valence-electron chi connectivity index (χ0n) is 6.91. The van der Waals surface area contributed by atoms with Crippen molar-refractivity contribution in [2.24, 2.45) is 5.92 Å². The minimum absolute atomic E-state index is 0.0579. The summed E-state index contributed by atoms with van der Waals surface area (Å²) in [6.07, 6.45) is 6.29. The van der Waals surface area contributed by atoms with Gasteiger partial charge in [-0.25, -0.2) is 0 Å². The maximum absolute atomic E-state index is 6.12. The van der Waals surface area contributed by atoms with Gasteiger partial charge >= 0.3 is 0 Å². The van der Waals surface area contributed by atoms with E-state index in [0.717, 1.165) is 12.8 Å². The smallest absolute Gasteiger partial charge is 0.162 e. The Balaban J connectivity index is 1.97. The zero-order chi connectivity index (χ0) is 8.39. The highest BCUT2D eigenvalue weighted by molar-refractivity contribution is 6.22. The molecule has 1 heterocycles. The predicted octanol–water partition coefficient (Wildman–Crippen LogP) is 1.93. The number of rotatable bonds is 1. The summed E-state index contributed by atoms with van der Waals surface area (Å²) in [4.78, 5) is 0. The Bertz CT molecular complexity index is 175. The average Bonchev–Trinajstić information content (AvgIpc) is 2.57. The van der Waals surface area contributed by atoms with Crippen molar-refractivity contribution in [3.05, 3.63) is 12.2 Å². The normalized spacial score (nSPS) is 37.4. The fourth-order valence-corrected chi connectivity index (χ4v) is 2.07. The van der Waals surface area contributed by atoms with Gasteiger partial charge in [0.05, 0.1) is 18.6 Å². The summed E-state index contributed by atoms with van der Waals surface area (Å²) >= 11 is 6.12. The van der Waals surface area contributed by atoms with Gasteiger partial charge in [-0.3, -0.25) is 0 Å². The standard InChI is InChI=1S/C9H13ClO2/c10-8-4-2-1-3-7(8)9-11-5-6-12-9/h2,4,7-9H,1,3,5-6H2. The fraction of sp³-hybridized carbons (Fsp3) is 0.778. The lowest BCUT2D eigenvalue weighted by Gasteiger charge is -2.26. The highest BCUT2D eigenvalue weighted by Crippen LogP contribution is 2.30. The van der Waals surface area contributed by atoms with Gasteiger partial charge in [0.2, 0.25) is 0 Å². The van der Waals surface area contributed by atoms with Gasteiger partial charge in [-0.15, -0.1) is 11.6 Å². The van der Waals surface area contributed by atoms with E-state index in [1.54, 1.807) is 0 Å². The van der Waals surface area contributed by atoms with E-state index in [9.17, 15) is 0 Å². The summed E-state index contributed by atoms with van der Waals surface area (Å²) < 4.78 is 10.8. The van der Waals surface area contributed by atoms with Gasteiger partial charge in [-0.1, -0.05) is 12.2 Å². The maximum atomic E-state index is 6.12. The lowest BCUT2D eigenvalue weighted by atomic mass is 9.93. The van der Waals surface area contributed by atoms with Crippen LogP contribution in [0, 0.1) is 5.92 Å². The number of hydrogen-bond donors (Lipinski definition) is 0. The van der Waals surface area contributed by atoms with Crippen molar-refractivity contribution in [3.63, 3.8) is 0 Å². The molecule has 2 unspecified atom stereocenters. The Morgan fingerprint density at radius 2 is 2.00 bits per heavy atom.